The molecular weight excluding hydrogens is 212 g/mol. The summed E-state index contributed by atoms with van der Waals surface area (Å²) in [5.74, 6) is 0.986. The van der Waals surface area contributed by atoms with E-state index >= 15 is 0 Å². The zero-order valence-electron chi connectivity index (χ0n) is 10.3. The second-order valence-electron chi connectivity index (χ2n) is 5.58. The molecule has 0 aliphatic heterocycles. The Labute approximate surface area is 102 Å². The maximum atomic E-state index is 11.2. The average Bonchev–Trinajstić information content (AvgIpc) is 3.00. The van der Waals surface area contributed by atoms with Crippen LogP contribution in [0.2, 0.25) is 0 Å². The maximum Gasteiger partial charge on any atom is 0.133 e. The number of rotatable bonds is 3. The molecular formula is C14H20N2O. The van der Waals surface area contributed by atoms with Crippen LogP contribution in [0.5, 0.6) is 0 Å². The van der Waals surface area contributed by atoms with Crippen molar-refractivity contribution < 1.29 is 4.79 Å². The first-order valence-corrected chi connectivity index (χ1v) is 6.87. The van der Waals surface area contributed by atoms with Crippen molar-refractivity contribution in [2.45, 2.75) is 57.4 Å². The summed E-state index contributed by atoms with van der Waals surface area (Å²) in [4.78, 5) is 11.2. The van der Waals surface area contributed by atoms with Gasteiger partial charge in [-0.2, -0.15) is 5.10 Å². The van der Waals surface area contributed by atoms with Gasteiger partial charge in [0, 0.05) is 19.0 Å². The lowest BCUT2D eigenvalue weighted by molar-refractivity contribution is -0.117. The minimum Gasteiger partial charge on any atom is -0.300 e. The van der Waals surface area contributed by atoms with Crippen molar-refractivity contribution in [2.24, 2.45) is 5.92 Å². The molecule has 2 saturated carbocycles. The Morgan fingerprint density at radius 2 is 2.12 bits per heavy atom. The van der Waals surface area contributed by atoms with Gasteiger partial charge in [-0.3, -0.25) is 9.48 Å². The van der Waals surface area contributed by atoms with E-state index in [-0.39, 0.29) is 0 Å². The second-order valence-corrected chi connectivity index (χ2v) is 5.58. The highest BCUT2D eigenvalue weighted by molar-refractivity contribution is 5.80. The third-order valence-corrected chi connectivity index (χ3v) is 4.21. The van der Waals surface area contributed by atoms with E-state index in [4.69, 9.17) is 0 Å². The Morgan fingerprint density at radius 3 is 2.82 bits per heavy atom. The summed E-state index contributed by atoms with van der Waals surface area (Å²) in [6.07, 6.45) is 11.0. The molecule has 0 radical (unpaired) electrons. The number of carbonyl (C=O) groups is 1. The second kappa shape index (κ2) is 4.63. The molecule has 92 valence electrons. The van der Waals surface area contributed by atoms with Crippen molar-refractivity contribution in [1.82, 2.24) is 9.78 Å². The highest BCUT2D eigenvalue weighted by Crippen LogP contribution is 2.30. The third-order valence-electron chi connectivity index (χ3n) is 4.21. The number of Topliss-reactive ketones (excluding diaryl/α,β-unsaturated/α-hetero) is 1. The molecule has 0 bridgehead atoms. The first-order valence-electron chi connectivity index (χ1n) is 6.87. The van der Waals surface area contributed by atoms with Gasteiger partial charge in [0.1, 0.15) is 5.78 Å². The van der Waals surface area contributed by atoms with Gasteiger partial charge in [-0.1, -0.05) is 12.8 Å². The zero-order chi connectivity index (χ0) is 11.7. The standard InChI is InChI=1S/C14H20N2O/c17-14-6-5-11(10-14)9-12-7-8-16(15-12)13-3-1-2-4-13/h7-8,11,13H,1-6,9-10H2. The number of hydrogen-bond acceptors (Lipinski definition) is 2. The van der Waals surface area contributed by atoms with Crippen molar-refractivity contribution in [3.8, 4) is 0 Å². The van der Waals surface area contributed by atoms with E-state index in [1.807, 2.05) is 0 Å². The SMILES string of the molecule is O=C1CCC(Cc2ccn(C3CCCC3)n2)C1. The molecule has 2 aliphatic carbocycles. The number of aromatic nitrogens is 2. The molecule has 0 saturated heterocycles. The van der Waals surface area contributed by atoms with Gasteiger partial charge in [0.05, 0.1) is 11.7 Å². The van der Waals surface area contributed by atoms with Crippen molar-refractivity contribution in [1.29, 1.82) is 0 Å². The van der Waals surface area contributed by atoms with E-state index in [0.717, 1.165) is 25.7 Å². The molecule has 0 spiro atoms. The smallest absolute Gasteiger partial charge is 0.133 e. The fraction of sp³-hybridized carbons (Fsp3) is 0.714. The van der Waals surface area contributed by atoms with Crippen LogP contribution in [-0.4, -0.2) is 15.6 Å². The summed E-state index contributed by atoms with van der Waals surface area (Å²) in [6.45, 7) is 0. The normalized spacial score (nSPS) is 25.9. The summed E-state index contributed by atoms with van der Waals surface area (Å²) in [7, 11) is 0. The van der Waals surface area contributed by atoms with E-state index in [9.17, 15) is 4.79 Å². The molecule has 0 amide bonds. The average molecular weight is 232 g/mol. The lowest BCUT2D eigenvalue weighted by atomic mass is 10.0. The molecule has 2 aliphatic rings. The molecule has 0 N–H and O–H groups in total. The van der Waals surface area contributed by atoms with Gasteiger partial charge in [-0.25, -0.2) is 0 Å². The van der Waals surface area contributed by atoms with E-state index in [0.29, 0.717) is 17.7 Å². The Balaban J connectivity index is 1.62. The third kappa shape index (κ3) is 2.43. The first-order chi connectivity index (χ1) is 8.31. The van der Waals surface area contributed by atoms with Crippen LogP contribution in [0.15, 0.2) is 12.3 Å². The van der Waals surface area contributed by atoms with E-state index < -0.39 is 0 Å². The molecule has 2 fully saturated rings. The molecule has 0 aromatic carbocycles. The number of ketones is 1. The summed E-state index contributed by atoms with van der Waals surface area (Å²) in [5, 5.41) is 4.69. The van der Waals surface area contributed by atoms with Gasteiger partial charge in [-0.05, 0) is 37.7 Å². The molecule has 3 heteroatoms. The van der Waals surface area contributed by atoms with Gasteiger partial charge < -0.3 is 0 Å². The Bertz CT molecular complexity index is 404. The van der Waals surface area contributed by atoms with Crippen molar-refractivity contribution in [3.63, 3.8) is 0 Å². The molecule has 3 nitrogen and oxygen atoms in total. The Morgan fingerprint density at radius 1 is 1.29 bits per heavy atom. The molecule has 1 atom stereocenters. The number of carbonyl (C=O) groups excluding carboxylic acids is 1. The van der Waals surface area contributed by atoms with Crippen LogP contribution < -0.4 is 0 Å². The van der Waals surface area contributed by atoms with Crippen molar-refractivity contribution in [2.75, 3.05) is 0 Å². The maximum absolute atomic E-state index is 11.2. The molecule has 1 aromatic heterocycles. The van der Waals surface area contributed by atoms with E-state index in [2.05, 4.69) is 22.0 Å². The van der Waals surface area contributed by atoms with Crippen LogP contribution in [0, 0.1) is 5.92 Å². The van der Waals surface area contributed by atoms with Crippen LogP contribution in [0.4, 0.5) is 0 Å². The highest BCUT2D eigenvalue weighted by Gasteiger charge is 2.23. The van der Waals surface area contributed by atoms with Gasteiger partial charge in [-0.15, -0.1) is 0 Å². The summed E-state index contributed by atoms with van der Waals surface area (Å²) in [6, 6.07) is 2.77. The van der Waals surface area contributed by atoms with Crippen LogP contribution in [0.25, 0.3) is 0 Å². The molecule has 1 aromatic rings. The minimum absolute atomic E-state index is 0.435. The molecule has 1 unspecified atom stereocenters. The summed E-state index contributed by atoms with van der Waals surface area (Å²) in [5.41, 5.74) is 1.18. The van der Waals surface area contributed by atoms with Crippen LogP contribution in [-0.2, 0) is 11.2 Å². The highest BCUT2D eigenvalue weighted by atomic mass is 16.1. The number of hydrogen-bond donors (Lipinski definition) is 0. The van der Waals surface area contributed by atoms with Gasteiger partial charge in [0.2, 0.25) is 0 Å². The Kier molecular flexibility index (Phi) is 3.00. The lowest BCUT2D eigenvalue weighted by Crippen LogP contribution is -2.07. The summed E-state index contributed by atoms with van der Waals surface area (Å²) < 4.78 is 2.15. The minimum atomic E-state index is 0.435. The predicted molar refractivity (Wildman–Crippen MR) is 65.8 cm³/mol. The fourth-order valence-electron chi connectivity index (χ4n) is 3.22. The monoisotopic (exact) mass is 232 g/mol. The molecule has 17 heavy (non-hydrogen) atoms. The topological polar surface area (TPSA) is 34.9 Å². The predicted octanol–water partition coefficient (Wildman–Crippen LogP) is 2.91. The van der Waals surface area contributed by atoms with Crippen LogP contribution in [0.1, 0.15) is 56.7 Å². The van der Waals surface area contributed by atoms with E-state index in [1.165, 1.54) is 31.4 Å². The zero-order valence-corrected chi connectivity index (χ0v) is 10.3. The van der Waals surface area contributed by atoms with Crippen LogP contribution >= 0.6 is 0 Å². The van der Waals surface area contributed by atoms with Crippen molar-refractivity contribution >= 4 is 5.78 Å². The quantitative estimate of drug-likeness (QED) is 0.803. The van der Waals surface area contributed by atoms with Crippen molar-refractivity contribution in [3.05, 3.63) is 18.0 Å². The van der Waals surface area contributed by atoms with Gasteiger partial charge in [0.25, 0.3) is 0 Å². The first kappa shape index (κ1) is 11.0. The van der Waals surface area contributed by atoms with E-state index in [1.54, 1.807) is 0 Å². The largest absolute Gasteiger partial charge is 0.300 e. The fourth-order valence-corrected chi connectivity index (χ4v) is 3.22. The molecule has 1 heterocycles. The number of nitrogens with zero attached hydrogens (tertiary/aromatic N) is 2. The van der Waals surface area contributed by atoms with Gasteiger partial charge >= 0.3 is 0 Å². The molecule has 3 rings (SSSR count). The van der Waals surface area contributed by atoms with Crippen LogP contribution in [0.3, 0.4) is 0 Å². The summed E-state index contributed by atoms with van der Waals surface area (Å²) >= 11 is 0. The lowest BCUT2D eigenvalue weighted by Gasteiger charge is -2.09. The van der Waals surface area contributed by atoms with Gasteiger partial charge in [0.15, 0.2) is 0 Å². The Hall–Kier alpha value is -1.12.